The minimum absolute atomic E-state index is 0.0234. The lowest BCUT2D eigenvalue weighted by atomic mass is 10.3. The van der Waals surface area contributed by atoms with Gasteiger partial charge in [-0.25, -0.2) is 9.37 Å². The molecule has 1 aromatic carbocycles. The molecule has 1 heterocycles. The van der Waals surface area contributed by atoms with Crippen molar-refractivity contribution in [3.8, 4) is 0 Å². The highest BCUT2D eigenvalue weighted by molar-refractivity contribution is 5.57. The summed E-state index contributed by atoms with van der Waals surface area (Å²) >= 11 is 0. The number of halogens is 4. The standard InChI is InChI=1S/C15H16F4N4/c1-3-9(2)20-14-22-12(15(17,18)19)8-13(23-14)21-11-6-4-10(16)5-7-11/h4-9H,3H2,1-2H3,(H2,20,21,22,23)/t9-/m0/s1. The molecule has 1 aromatic heterocycles. The maximum absolute atomic E-state index is 13.0. The van der Waals surface area contributed by atoms with Crippen molar-refractivity contribution in [1.29, 1.82) is 0 Å². The first-order chi connectivity index (χ1) is 10.8. The molecule has 23 heavy (non-hydrogen) atoms. The first-order valence-corrected chi connectivity index (χ1v) is 7.03. The van der Waals surface area contributed by atoms with E-state index in [2.05, 4.69) is 20.6 Å². The molecule has 0 fully saturated rings. The highest BCUT2D eigenvalue weighted by Crippen LogP contribution is 2.30. The van der Waals surface area contributed by atoms with Crippen LogP contribution < -0.4 is 10.6 Å². The lowest BCUT2D eigenvalue weighted by Gasteiger charge is -2.15. The van der Waals surface area contributed by atoms with Gasteiger partial charge >= 0.3 is 6.18 Å². The lowest BCUT2D eigenvalue weighted by Crippen LogP contribution is -2.18. The molecule has 0 saturated carbocycles. The van der Waals surface area contributed by atoms with Crippen molar-refractivity contribution >= 4 is 17.5 Å². The van der Waals surface area contributed by atoms with Gasteiger partial charge in [0.05, 0.1) is 0 Å². The summed E-state index contributed by atoms with van der Waals surface area (Å²) < 4.78 is 51.8. The van der Waals surface area contributed by atoms with E-state index in [-0.39, 0.29) is 17.8 Å². The van der Waals surface area contributed by atoms with Crippen LogP contribution >= 0.6 is 0 Å². The minimum Gasteiger partial charge on any atom is -0.352 e. The van der Waals surface area contributed by atoms with Crippen LogP contribution in [0.1, 0.15) is 26.0 Å². The van der Waals surface area contributed by atoms with Gasteiger partial charge < -0.3 is 10.6 Å². The van der Waals surface area contributed by atoms with Crippen molar-refractivity contribution in [2.75, 3.05) is 10.6 Å². The van der Waals surface area contributed by atoms with Crippen molar-refractivity contribution in [3.63, 3.8) is 0 Å². The van der Waals surface area contributed by atoms with Crippen LogP contribution in [0.5, 0.6) is 0 Å². The van der Waals surface area contributed by atoms with Crippen LogP contribution in [0.25, 0.3) is 0 Å². The van der Waals surface area contributed by atoms with Crippen LogP contribution in [0.15, 0.2) is 30.3 Å². The summed E-state index contributed by atoms with van der Waals surface area (Å²) in [5.41, 5.74) is -0.629. The molecule has 0 saturated heterocycles. The second kappa shape index (κ2) is 6.80. The smallest absolute Gasteiger partial charge is 0.352 e. The van der Waals surface area contributed by atoms with Crippen molar-refractivity contribution < 1.29 is 17.6 Å². The average Bonchev–Trinajstić information content (AvgIpc) is 2.48. The first-order valence-electron chi connectivity index (χ1n) is 7.03. The van der Waals surface area contributed by atoms with E-state index in [1.54, 1.807) is 0 Å². The van der Waals surface area contributed by atoms with E-state index in [1.807, 2.05) is 13.8 Å². The average molecular weight is 328 g/mol. The van der Waals surface area contributed by atoms with Gasteiger partial charge in [0.1, 0.15) is 11.6 Å². The Morgan fingerprint density at radius 2 is 1.78 bits per heavy atom. The van der Waals surface area contributed by atoms with Gasteiger partial charge in [-0.15, -0.1) is 0 Å². The summed E-state index contributed by atoms with van der Waals surface area (Å²) in [5, 5.41) is 5.53. The molecule has 124 valence electrons. The Hall–Kier alpha value is -2.38. The largest absolute Gasteiger partial charge is 0.433 e. The molecule has 4 nitrogen and oxygen atoms in total. The van der Waals surface area contributed by atoms with Gasteiger partial charge in [-0.2, -0.15) is 18.2 Å². The van der Waals surface area contributed by atoms with Gasteiger partial charge in [-0.3, -0.25) is 0 Å². The van der Waals surface area contributed by atoms with E-state index >= 15 is 0 Å². The Bertz CT molecular complexity index is 656. The molecule has 2 aromatic rings. The van der Waals surface area contributed by atoms with Gasteiger partial charge in [-0.1, -0.05) is 6.92 Å². The zero-order chi connectivity index (χ0) is 17.0. The fraction of sp³-hybridized carbons (Fsp3) is 0.333. The van der Waals surface area contributed by atoms with Crippen molar-refractivity contribution in [3.05, 3.63) is 41.8 Å². The predicted molar refractivity (Wildman–Crippen MR) is 80.1 cm³/mol. The third-order valence-electron chi connectivity index (χ3n) is 3.12. The van der Waals surface area contributed by atoms with Gasteiger partial charge in [-0.05, 0) is 37.6 Å². The van der Waals surface area contributed by atoms with Gasteiger partial charge in [0.15, 0.2) is 5.69 Å². The van der Waals surface area contributed by atoms with Crippen LogP contribution in [0.2, 0.25) is 0 Å². The van der Waals surface area contributed by atoms with Gasteiger partial charge in [0, 0.05) is 17.8 Å². The quantitative estimate of drug-likeness (QED) is 0.788. The zero-order valence-corrected chi connectivity index (χ0v) is 12.6. The molecule has 0 amide bonds. The molecule has 8 heteroatoms. The molecule has 0 bridgehead atoms. The number of nitrogens with zero attached hydrogens (tertiary/aromatic N) is 2. The zero-order valence-electron chi connectivity index (χ0n) is 12.6. The molecule has 2 rings (SSSR count). The first kappa shape index (κ1) is 17.0. The van der Waals surface area contributed by atoms with E-state index < -0.39 is 17.7 Å². The SMILES string of the molecule is CC[C@H](C)Nc1nc(Nc2ccc(F)cc2)cc(C(F)(F)F)n1. The summed E-state index contributed by atoms with van der Waals surface area (Å²) in [6.45, 7) is 3.71. The number of hydrogen-bond donors (Lipinski definition) is 2. The number of alkyl halides is 3. The second-order valence-electron chi connectivity index (χ2n) is 5.05. The van der Waals surface area contributed by atoms with Crippen molar-refractivity contribution in [2.24, 2.45) is 0 Å². The Balaban J connectivity index is 2.33. The maximum atomic E-state index is 13.0. The fourth-order valence-electron chi connectivity index (χ4n) is 1.72. The molecule has 1 atom stereocenters. The predicted octanol–water partition coefficient (Wildman–Crippen LogP) is 4.59. The van der Waals surface area contributed by atoms with E-state index in [1.165, 1.54) is 24.3 Å². The molecule has 0 unspecified atom stereocenters. The second-order valence-corrected chi connectivity index (χ2v) is 5.05. The third kappa shape index (κ3) is 4.80. The molecular formula is C15H16F4N4. The third-order valence-corrected chi connectivity index (χ3v) is 3.12. The van der Waals surface area contributed by atoms with E-state index in [0.717, 1.165) is 6.07 Å². The maximum Gasteiger partial charge on any atom is 0.433 e. The summed E-state index contributed by atoms with van der Waals surface area (Å²) in [7, 11) is 0. The molecule has 0 spiro atoms. The highest BCUT2D eigenvalue weighted by atomic mass is 19.4. The van der Waals surface area contributed by atoms with Crippen LogP contribution in [-0.2, 0) is 6.18 Å². The topological polar surface area (TPSA) is 49.8 Å². The number of aromatic nitrogens is 2. The van der Waals surface area contributed by atoms with Crippen LogP contribution in [-0.4, -0.2) is 16.0 Å². The summed E-state index contributed by atoms with van der Waals surface area (Å²) in [6, 6.07) is 5.96. The van der Waals surface area contributed by atoms with Crippen LogP contribution in [0.4, 0.5) is 35.0 Å². The van der Waals surface area contributed by atoms with E-state index in [9.17, 15) is 17.6 Å². The van der Waals surface area contributed by atoms with Gasteiger partial charge in [0.25, 0.3) is 0 Å². The van der Waals surface area contributed by atoms with Gasteiger partial charge in [0.2, 0.25) is 5.95 Å². The molecule has 0 aliphatic carbocycles. The molecular weight excluding hydrogens is 312 g/mol. The highest BCUT2D eigenvalue weighted by Gasteiger charge is 2.33. The molecule has 0 aliphatic rings. The van der Waals surface area contributed by atoms with Crippen LogP contribution in [0, 0.1) is 5.82 Å². The molecule has 0 radical (unpaired) electrons. The number of nitrogens with one attached hydrogen (secondary N) is 2. The van der Waals surface area contributed by atoms with Crippen molar-refractivity contribution in [2.45, 2.75) is 32.5 Å². The van der Waals surface area contributed by atoms with E-state index in [0.29, 0.717) is 12.1 Å². The Morgan fingerprint density at radius 3 is 2.35 bits per heavy atom. The Kier molecular flexibility index (Phi) is 5.02. The summed E-state index contributed by atoms with van der Waals surface area (Å²) in [6.07, 6.45) is -3.88. The summed E-state index contributed by atoms with van der Waals surface area (Å²) in [5.74, 6) is -0.572. The Morgan fingerprint density at radius 1 is 1.13 bits per heavy atom. The number of rotatable bonds is 5. The van der Waals surface area contributed by atoms with Crippen molar-refractivity contribution in [1.82, 2.24) is 9.97 Å². The lowest BCUT2D eigenvalue weighted by molar-refractivity contribution is -0.141. The van der Waals surface area contributed by atoms with E-state index in [4.69, 9.17) is 0 Å². The minimum atomic E-state index is -4.59. The monoisotopic (exact) mass is 328 g/mol. The van der Waals surface area contributed by atoms with Crippen LogP contribution in [0.3, 0.4) is 0 Å². The molecule has 2 N–H and O–H groups in total. The number of hydrogen-bond acceptors (Lipinski definition) is 4. The summed E-state index contributed by atoms with van der Waals surface area (Å²) in [4.78, 5) is 7.53. The fourth-order valence-corrected chi connectivity index (χ4v) is 1.72. The normalized spacial score (nSPS) is 12.8. The Labute approximate surface area is 131 Å². The number of anilines is 3. The molecule has 0 aliphatic heterocycles. The number of benzene rings is 1.